The summed E-state index contributed by atoms with van der Waals surface area (Å²) in [6.07, 6.45) is 1.69. The summed E-state index contributed by atoms with van der Waals surface area (Å²) in [6.45, 7) is 6.97. The Balaban J connectivity index is 0.000000956. The van der Waals surface area contributed by atoms with Gasteiger partial charge in [0.05, 0.1) is 18.7 Å². The maximum absolute atomic E-state index is 11.8. The molecule has 0 spiro atoms. The molecule has 112 valence electrons. The van der Waals surface area contributed by atoms with Gasteiger partial charge in [0, 0.05) is 6.54 Å². The van der Waals surface area contributed by atoms with Gasteiger partial charge in [0.1, 0.15) is 0 Å². The van der Waals surface area contributed by atoms with Crippen LogP contribution in [0.3, 0.4) is 0 Å². The summed E-state index contributed by atoms with van der Waals surface area (Å²) < 4.78 is 5.07. The Morgan fingerprint density at radius 3 is 2.65 bits per heavy atom. The molecule has 0 radical (unpaired) electrons. The molecule has 4 heteroatoms. The quantitative estimate of drug-likeness (QED) is 0.922. The van der Waals surface area contributed by atoms with E-state index in [0.29, 0.717) is 6.61 Å². The van der Waals surface area contributed by atoms with Crippen LogP contribution >= 0.6 is 0 Å². The zero-order chi connectivity index (χ0) is 15.0. The third-order valence-corrected chi connectivity index (χ3v) is 3.40. The Morgan fingerprint density at radius 2 is 2.05 bits per heavy atom. The van der Waals surface area contributed by atoms with Crippen molar-refractivity contribution in [1.82, 2.24) is 4.90 Å². The van der Waals surface area contributed by atoms with Gasteiger partial charge in [0.15, 0.2) is 0 Å². The molecule has 2 atom stereocenters. The molecule has 0 aromatic heterocycles. The average molecular weight is 278 g/mol. The summed E-state index contributed by atoms with van der Waals surface area (Å²) >= 11 is 0. The van der Waals surface area contributed by atoms with E-state index in [9.17, 15) is 4.79 Å². The van der Waals surface area contributed by atoms with E-state index in [1.54, 1.807) is 4.90 Å². The summed E-state index contributed by atoms with van der Waals surface area (Å²) in [4.78, 5) is 13.6. The fourth-order valence-electron chi connectivity index (χ4n) is 2.50. The zero-order valence-corrected chi connectivity index (χ0v) is 12.7. The van der Waals surface area contributed by atoms with Crippen LogP contribution in [0.15, 0.2) is 30.3 Å². The van der Waals surface area contributed by atoms with Crippen molar-refractivity contribution in [2.24, 2.45) is 5.73 Å². The second-order valence-electron chi connectivity index (χ2n) is 4.54. The largest absolute Gasteiger partial charge is 0.450 e. The molecule has 0 saturated carbocycles. The second kappa shape index (κ2) is 8.59. The third-order valence-electron chi connectivity index (χ3n) is 3.40. The van der Waals surface area contributed by atoms with Gasteiger partial charge in [-0.3, -0.25) is 0 Å². The van der Waals surface area contributed by atoms with Gasteiger partial charge in [-0.15, -0.1) is 0 Å². The van der Waals surface area contributed by atoms with Crippen molar-refractivity contribution in [2.75, 3.05) is 13.2 Å². The van der Waals surface area contributed by atoms with Crippen LogP contribution < -0.4 is 5.73 Å². The lowest BCUT2D eigenvalue weighted by Crippen LogP contribution is -2.42. The van der Waals surface area contributed by atoms with E-state index in [-0.39, 0.29) is 18.2 Å². The molecule has 1 aromatic carbocycles. The first-order valence-electron chi connectivity index (χ1n) is 7.48. The van der Waals surface area contributed by atoms with Crippen LogP contribution in [-0.2, 0) is 4.74 Å². The number of ether oxygens (including phenoxy) is 1. The lowest BCUT2D eigenvalue weighted by molar-refractivity contribution is 0.0983. The highest BCUT2D eigenvalue weighted by molar-refractivity contribution is 5.68. The van der Waals surface area contributed by atoms with Gasteiger partial charge in [-0.05, 0) is 25.3 Å². The van der Waals surface area contributed by atoms with Gasteiger partial charge in [-0.1, -0.05) is 44.2 Å². The van der Waals surface area contributed by atoms with Crippen molar-refractivity contribution in [3.8, 4) is 0 Å². The molecule has 1 amide bonds. The predicted molar refractivity (Wildman–Crippen MR) is 81.5 cm³/mol. The zero-order valence-electron chi connectivity index (χ0n) is 12.7. The van der Waals surface area contributed by atoms with E-state index in [2.05, 4.69) is 0 Å². The number of carbonyl (C=O) groups is 1. The summed E-state index contributed by atoms with van der Waals surface area (Å²) in [7, 11) is 0. The Labute approximate surface area is 121 Å². The average Bonchev–Trinajstić information content (AvgIpc) is 2.99. The normalized spacial score (nSPS) is 19.0. The van der Waals surface area contributed by atoms with Crippen molar-refractivity contribution in [3.05, 3.63) is 35.9 Å². The van der Waals surface area contributed by atoms with Gasteiger partial charge in [0.2, 0.25) is 0 Å². The number of nitrogens with two attached hydrogens (primary N) is 1. The molecule has 4 nitrogen and oxygen atoms in total. The topological polar surface area (TPSA) is 55.6 Å². The number of hydrogen-bond donors (Lipinski definition) is 1. The van der Waals surface area contributed by atoms with E-state index in [1.807, 2.05) is 51.1 Å². The van der Waals surface area contributed by atoms with Crippen LogP contribution in [0.4, 0.5) is 4.79 Å². The molecule has 0 aliphatic carbocycles. The third kappa shape index (κ3) is 3.97. The van der Waals surface area contributed by atoms with E-state index < -0.39 is 0 Å². The standard InChI is InChI=1S/C14H20N2O2.C2H6/c1-2-18-14(17)16-10-6-9-12(16)13(15)11-7-4-3-5-8-11;1-2/h3-5,7-8,12-13H,2,6,9-10,15H2,1H3;1-2H3. The van der Waals surface area contributed by atoms with Crippen molar-refractivity contribution in [2.45, 2.75) is 45.7 Å². The number of rotatable bonds is 3. The number of likely N-dealkylation sites (tertiary alicyclic amines) is 1. The minimum Gasteiger partial charge on any atom is -0.450 e. The number of hydrogen-bond acceptors (Lipinski definition) is 3. The van der Waals surface area contributed by atoms with Crippen molar-refractivity contribution < 1.29 is 9.53 Å². The van der Waals surface area contributed by atoms with Gasteiger partial charge < -0.3 is 15.4 Å². The fourth-order valence-corrected chi connectivity index (χ4v) is 2.50. The Morgan fingerprint density at radius 1 is 1.40 bits per heavy atom. The lowest BCUT2D eigenvalue weighted by atomic mass is 9.98. The molecule has 1 aliphatic rings. The smallest absolute Gasteiger partial charge is 0.410 e. The van der Waals surface area contributed by atoms with Gasteiger partial charge in [0.25, 0.3) is 0 Å². The number of nitrogens with zero attached hydrogens (tertiary/aromatic N) is 1. The first-order chi connectivity index (χ1) is 9.74. The summed E-state index contributed by atoms with van der Waals surface area (Å²) in [6, 6.07) is 9.83. The fraction of sp³-hybridized carbons (Fsp3) is 0.562. The molecule has 1 saturated heterocycles. The highest BCUT2D eigenvalue weighted by Crippen LogP contribution is 2.28. The van der Waals surface area contributed by atoms with Gasteiger partial charge in [-0.2, -0.15) is 0 Å². The molecule has 2 unspecified atom stereocenters. The van der Waals surface area contributed by atoms with Crippen LogP contribution in [0, 0.1) is 0 Å². The number of amides is 1. The van der Waals surface area contributed by atoms with Crippen LogP contribution in [0.5, 0.6) is 0 Å². The Bertz CT molecular complexity index is 395. The molecule has 1 fully saturated rings. The maximum Gasteiger partial charge on any atom is 0.410 e. The molecule has 2 N–H and O–H groups in total. The maximum atomic E-state index is 11.8. The monoisotopic (exact) mass is 278 g/mol. The van der Waals surface area contributed by atoms with E-state index >= 15 is 0 Å². The summed E-state index contributed by atoms with van der Waals surface area (Å²) in [5.41, 5.74) is 7.34. The van der Waals surface area contributed by atoms with Crippen molar-refractivity contribution >= 4 is 6.09 Å². The Kier molecular flexibility index (Phi) is 7.09. The molecule has 1 aromatic rings. The van der Waals surface area contributed by atoms with Crippen molar-refractivity contribution in [3.63, 3.8) is 0 Å². The van der Waals surface area contributed by atoms with Gasteiger partial charge in [-0.25, -0.2) is 4.79 Å². The lowest BCUT2D eigenvalue weighted by Gasteiger charge is -2.28. The molecule has 2 rings (SSSR count). The van der Waals surface area contributed by atoms with Gasteiger partial charge >= 0.3 is 6.09 Å². The highest BCUT2D eigenvalue weighted by atomic mass is 16.6. The molecular weight excluding hydrogens is 252 g/mol. The van der Waals surface area contributed by atoms with Crippen LogP contribution in [0.1, 0.15) is 45.2 Å². The number of benzene rings is 1. The van der Waals surface area contributed by atoms with E-state index in [4.69, 9.17) is 10.5 Å². The molecular formula is C16H26N2O2. The molecule has 1 aliphatic heterocycles. The first kappa shape index (κ1) is 16.5. The number of carbonyl (C=O) groups excluding carboxylic acids is 1. The second-order valence-corrected chi connectivity index (χ2v) is 4.54. The summed E-state index contributed by atoms with van der Waals surface area (Å²) in [5, 5.41) is 0. The molecule has 0 bridgehead atoms. The van der Waals surface area contributed by atoms with E-state index in [0.717, 1.165) is 24.9 Å². The minimum absolute atomic E-state index is 0.0476. The van der Waals surface area contributed by atoms with Crippen LogP contribution in [0.25, 0.3) is 0 Å². The van der Waals surface area contributed by atoms with Crippen molar-refractivity contribution in [1.29, 1.82) is 0 Å². The SMILES string of the molecule is CC.CCOC(=O)N1CCCC1C(N)c1ccccc1. The molecule has 1 heterocycles. The predicted octanol–water partition coefficient (Wildman–Crippen LogP) is 3.33. The molecule has 20 heavy (non-hydrogen) atoms. The Hall–Kier alpha value is -1.55. The first-order valence-corrected chi connectivity index (χ1v) is 7.48. The van der Waals surface area contributed by atoms with Crippen LogP contribution in [0.2, 0.25) is 0 Å². The minimum atomic E-state index is -0.244. The summed E-state index contributed by atoms with van der Waals surface area (Å²) in [5.74, 6) is 0. The van der Waals surface area contributed by atoms with E-state index in [1.165, 1.54) is 0 Å². The highest BCUT2D eigenvalue weighted by Gasteiger charge is 2.34. The van der Waals surface area contributed by atoms with Crippen LogP contribution in [-0.4, -0.2) is 30.2 Å².